The van der Waals surface area contributed by atoms with Crippen LogP contribution in [0.3, 0.4) is 0 Å². The average molecular weight is 399 g/mol. The van der Waals surface area contributed by atoms with Crippen molar-refractivity contribution < 1.29 is 14.3 Å². The zero-order valence-corrected chi connectivity index (χ0v) is 18.9. The third-order valence-electron chi connectivity index (χ3n) is 8.95. The smallest absolute Gasteiger partial charge is 0.315 e. The van der Waals surface area contributed by atoms with Gasteiger partial charge in [-0.25, -0.2) is 0 Å². The Balaban J connectivity index is 1.60. The van der Waals surface area contributed by atoms with Crippen molar-refractivity contribution in [1.29, 1.82) is 0 Å². The van der Waals surface area contributed by atoms with Gasteiger partial charge in [-0.15, -0.1) is 0 Å². The van der Waals surface area contributed by atoms with Crippen LogP contribution in [0.4, 0.5) is 0 Å². The quantitative estimate of drug-likeness (QED) is 0.515. The lowest BCUT2D eigenvalue weighted by atomic mass is 9.56. The predicted octanol–water partition coefficient (Wildman–Crippen LogP) is 6.24. The minimum Gasteiger partial charge on any atom is -0.431 e. The second-order valence-corrected chi connectivity index (χ2v) is 11.1. The van der Waals surface area contributed by atoms with Gasteiger partial charge >= 0.3 is 5.97 Å². The molecular formula is C26H38O3. The first-order valence-electron chi connectivity index (χ1n) is 11.8. The van der Waals surface area contributed by atoms with Crippen LogP contribution in [0.25, 0.3) is 0 Å². The minimum absolute atomic E-state index is 0.0466. The number of rotatable bonds is 5. The van der Waals surface area contributed by atoms with E-state index in [9.17, 15) is 9.59 Å². The SMILES string of the molecule is CC(C)CCC[C@@H](C)[C@H]1CC[C@H]2C3=C(CC[C@]12C)[C@@]1(C)C=CC(=O)C[C@@H]1C(=O)O3. The van der Waals surface area contributed by atoms with Gasteiger partial charge in [-0.2, -0.15) is 0 Å². The van der Waals surface area contributed by atoms with Crippen LogP contribution in [-0.2, 0) is 14.3 Å². The molecule has 1 heterocycles. The van der Waals surface area contributed by atoms with Crippen LogP contribution in [0.2, 0.25) is 0 Å². The third kappa shape index (κ3) is 3.33. The summed E-state index contributed by atoms with van der Waals surface area (Å²) in [6, 6.07) is 0. The van der Waals surface area contributed by atoms with E-state index in [0.717, 1.165) is 30.4 Å². The number of fused-ring (bicyclic) bond motifs is 4. The monoisotopic (exact) mass is 398 g/mol. The Bertz CT molecular complexity index is 760. The van der Waals surface area contributed by atoms with Crippen LogP contribution in [0.15, 0.2) is 23.5 Å². The van der Waals surface area contributed by atoms with E-state index in [1.165, 1.54) is 37.7 Å². The molecule has 0 aromatic heterocycles. The lowest BCUT2D eigenvalue weighted by Gasteiger charge is -2.51. The molecule has 0 spiro atoms. The first-order valence-corrected chi connectivity index (χ1v) is 11.8. The van der Waals surface area contributed by atoms with Gasteiger partial charge in [0.05, 0.1) is 5.92 Å². The highest BCUT2D eigenvalue weighted by molar-refractivity contribution is 5.95. The Labute approximate surface area is 176 Å². The largest absolute Gasteiger partial charge is 0.431 e. The lowest BCUT2D eigenvalue weighted by molar-refractivity contribution is -0.154. The molecule has 6 atom stereocenters. The highest BCUT2D eigenvalue weighted by Gasteiger charge is 2.58. The molecule has 0 aromatic carbocycles. The van der Waals surface area contributed by atoms with E-state index in [1.54, 1.807) is 6.08 Å². The predicted molar refractivity (Wildman–Crippen MR) is 115 cm³/mol. The normalized spacial score (nSPS) is 39.9. The van der Waals surface area contributed by atoms with Gasteiger partial charge in [-0.1, -0.05) is 60.0 Å². The molecule has 0 amide bonds. The van der Waals surface area contributed by atoms with Crippen molar-refractivity contribution in [2.45, 2.75) is 86.0 Å². The molecule has 0 bridgehead atoms. The van der Waals surface area contributed by atoms with E-state index < -0.39 is 0 Å². The summed E-state index contributed by atoms with van der Waals surface area (Å²) < 4.78 is 6.05. The van der Waals surface area contributed by atoms with Crippen molar-refractivity contribution in [2.24, 2.45) is 40.4 Å². The van der Waals surface area contributed by atoms with Gasteiger partial charge in [0.25, 0.3) is 0 Å². The van der Waals surface area contributed by atoms with E-state index in [1.807, 2.05) is 6.08 Å². The van der Waals surface area contributed by atoms with Crippen LogP contribution in [0, 0.1) is 40.4 Å². The van der Waals surface area contributed by atoms with Crippen molar-refractivity contribution in [3.05, 3.63) is 23.5 Å². The molecule has 0 aromatic rings. The van der Waals surface area contributed by atoms with Gasteiger partial charge in [0, 0.05) is 17.8 Å². The Kier molecular flexibility index (Phi) is 5.32. The van der Waals surface area contributed by atoms with Crippen LogP contribution in [-0.4, -0.2) is 11.8 Å². The van der Waals surface area contributed by atoms with Crippen LogP contribution in [0.1, 0.15) is 86.0 Å². The summed E-state index contributed by atoms with van der Waals surface area (Å²) in [7, 11) is 0. The van der Waals surface area contributed by atoms with E-state index >= 15 is 0 Å². The van der Waals surface area contributed by atoms with Crippen molar-refractivity contribution in [3.63, 3.8) is 0 Å². The Morgan fingerprint density at radius 1 is 1.10 bits per heavy atom. The molecule has 3 aliphatic carbocycles. The fourth-order valence-corrected chi connectivity index (χ4v) is 7.12. The van der Waals surface area contributed by atoms with Gasteiger partial charge in [0.15, 0.2) is 5.78 Å². The maximum Gasteiger partial charge on any atom is 0.315 e. The Morgan fingerprint density at radius 3 is 2.59 bits per heavy atom. The number of allylic oxidation sites excluding steroid dienone is 4. The molecule has 0 unspecified atom stereocenters. The number of ketones is 1. The molecule has 1 aliphatic heterocycles. The average Bonchev–Trinajstić information content (AvgIpc) is 3.00. The zero-order chi connectivity index (χ0) is 21.0. The molecule has 1 saturated carbocycles. The maximum absolute atomic E-state index is 12.9. The van der Waals surface area contributed by atoms with Gasteiger partial charge in [-0.05, 0) is 60.5 Å². The van der Waals surface area contributed by atoms with Gasteiger partial charge < -0.3 is 4.74 Å². The van der Waals surface area contributed by atoms with Crippen molar-refractivity contribution in [1.82, 2.24) is 0 Å². The molecule has 4 aliphatic rings. The number of carbonyl (C=O) groups excluding carboxylic acids is 2. The Hall–Kier alpha value is -1.38. The highest BCUT2D eigenvalue weighted by Crippen LogP contribution is 2.64. The molecule has 160 valence electrons. The molecular weight excluding hydrogens is 360 g/mol. The number of hydrogen-bond donors (Lipinski definition) is 0. The highest BCUT2D eigenvalue weighted by atomic mass is 16.5. The first-order chi connectivity index (χ1) is 13.7. The summed E-state index contributed by atoms with van der Waals surface area (Å²) in [5.41, 5.74) is 1.20. The molecule has 3 heteroatoms. The van der Waals surface area contributed by atoms with Gasteiger partial charge in [-0.3, -0.25) is 9.59 Å². The number of esters is 1. The second-order valence-electron chi connectivity index (χ2n) is 11.1. The molecule has 0 radical (unpaired) electrons. The minimum atomic E-state index is -0.338. The molecule has 3 nitrogen and oxygen atoms in total. The topological polar surface area (TPSA) is 43.4 Å². The second kappa shape index (κ2) is 7.39. The van der Waals surface area contributed by atoms with Gasteiger partial charge in [0.2, 0.25) is 0 Å². The van der Waals surface area contributed by atoms with E-state index in [2.05, 4.69) is 34.6 Å². The molecule has 0 saturated heterocycles. The fraction of sp³-hybridized carbons (Fsp3) is 0.769. The number of ether oxygens (including phenoxy) is 1. The zero-order valence-electron chi connectivity index (χ0n) is 18.9. The summed E-state index contributed by atoms with van der Waals surface area (Å²) >= 11 is 0. The first kappa shape index (κ1) is 20.9. The van der Waals surface area contributed by atoms with E-state index in [4.69, 9.17) is 4.74 Å². The number of carbonyl (C=O) groups is 2. The van der Waals surface area contributed by atoms with Crippen LogP contribution < -0.4 is 0 Å². The summed E-state index contributed by atoms with van der Waals surface area (Å²) in [5.74, 6) is 3.08. The maximum atomic E-state index is 12.9. The summed E-state index contributed by atoms with van der Waals surface area (Å²) in [4.78, 5) is 24.8. The lowest BCUT2D eigenvalue weighted by Crippen LogP contribution is -2.48. The Morgan fingerprint density at radius 2 is 1.86 bits per heavy atom. The van der Waals surface area contributed by atoms with Crippen molar-refractivity contribution >= 4 is 11.8 Å². The number of hydrogen-bond acceptors (Lipinski definition) is 3. The third-order valence-corrected chi connectivity index (χ3v) is 8.95. The van der Waals surface area contributed by atoms with Crippen LogP contribution in [0.5, 0.6) is 0 Å². The molecule has 0 N–H and O–H groups in total. The summed E-state index contributed by atoms with van der Waals surface area (Å²) in [6.45, 7) is 11.7. The summed E-state index contributed by atoms with van der Waals surface area (Å²) in [6.07, 6.45) is 12.5. The summed E-state index contributed by atoms with van der Waals surface area (Å²) in [5, 5.41) is 0. The van der Waals surface area contributed by atoms with Gasteiger partial charge in [0.1, 0.15) is 5.76 Å². The molecule has 4 rings (SSSR count). The fourth-order valence-electron chi connectivity index (χ4n) is 7.12. The standard InChI is InChI=1S/C26H38O3/c1-16(2)7-6-8-17(3)19-9-10-20-23-21(12-14-25(19,20)4)26(5)13-11-18(27)15-22(26)24(28)29-23/h11,13,16-17,19-20,22H,6-10,12,14-15H2,1-5H3/t17-,19-,20+,22-,25-,26-/m1/s1. The van der Waals surface area contributed by atoms with Crippen molar-refractivity contribution in [2.75, 3.05) is 0 Å². The molecule has 29 heavy (non-hydrogen) atoms. The molecule has 1 fully saturated rings. The van der Waals surface area contributed by atoms with E-state index in [0.29, 0.717) is 18.3 Å². The van der Waals surface area contributed by atoms with E-state index in [-0.39, 0.29) is 28.5 Å². The van der Waals surface area contributed by atoms with Crippen LogP contribution >= 0.6 is 0 Å². The van der Waals surface area contributed by atoms with Crippen molar-refractivity contribution in [3.8, 4) is 0 Å².